The van der Waals surface area contributed by atoms with Gasteiger partial charge in [-0.2, -0.15) is 0 Å². The predicted octanol–water partition coefficient (Wildman–Crippen LogP) is 3.63. The van der Waals surface area contributed by atoms with E-state index in [-0.39, 0.29) is 11.1 Å². The largest absolute Gasteiger partial charge is 0.355 e. The minimum atomic E-state index is -0.513. The zero-order chi connectivity index (χ0) is 21.6. The van der Waals surface area contributed by atoms with Crippen LogP contribution in [0.2, 0.25) is 5.02 Å². The number of likely N-dealkylation sites (N-methyl/N-ethyl adjacent to an activating group) is 1. The number of nitrogens with zero attached hydrogens (tertiary/aromatic N) is 5. The maximum atomic E-state index is 14.8. The number of hydrogen-bond donors (Lipinski definition) is 0. The van der Waals surface area contributed by atoms with E-state index in [1.807, 2.05) is 6.07 Å². The van der Waals surface area contributed by atoms with Crippen LogP contribution in [0.1, 0.15) is 18.7 Å². The monoisotopic (exact) mass is 429 g/mol. The van der Waals surface area contributed by atoms with Crippen molar-refractivity contribution in [3.05, 3.63) is 51.3 Å². The molecule has 0 spiro atoms. The molecule has 0 aliphatic carbocycles. The van der Waals surface area contributed by atoms with E-state index in [1.165, 1.54) is 10.6 Å². The van der Waals surface area contributed by atoms with Gasteiger partial charge in [0.25, 0.3) is 5.56 Å². The van der Waals surface area contributed by atoms with E-state index >= 15 is 0 Å². The highest BCUT2D eigenvalue weighted by Gasteiger charge is 2.25. The Bertz CT molecular complexity index is 1180. The number of hydrogen-bond acceptors (Lipinski definition) is 5. The molecule has 1 saturated heterocycles. The van der Waals surface area contributed by atoms with Crippen LogP contribution in [0, 0.1) is 12.7 Å². The van der Waals surface area contributed by atoms with Gasteiger partial charge in [-0.05, 0) is 52.1 Å². The van der Waals surface area contributed by atoms with Crippen LogP contribution < -0.4 is 10.5 Å². The van der Waals surface area contributed by atoms with E-state index in [0.29, 0.717) is 39.3 Å². The van der Waals surface area contributed by atoms with Crippen LogP contribution >= 0.6 is 11.6 Å². The van der Waals surface area contributed by atoms with E-state index in [0.717, 1.165) is 25.9 Å². The van der Waals surface area contributed by atoms with Gasteiger partial charge in [0.1, 0.15) is 17.5 Å². The van der Waals surface area contributed by atoms with Crippen molar-refractivity contribution in [3.8, 4) is 11.3 Å². The lowest BCUT2D eigenvalue weighted by atomic mass is 10.0. The molecule has 3 aromatic rings. The van der Waals surface area contributed by atoms with Crippen molar-refractivity contribution in [2.24, 2.45) is 7.05 Å². The Kier molecular flexibility index (Phi) is 5.51. The maximum Gasteiger partial charge on any atom is 0.263 e. The van der Waals surface area contributed by atoms with Crippen molar-refractivity contribution in [3.63, 3.8) is 0 Å². The molecule has 0 unspecified atom stereocenters. The summed E-state index contributed by atoms with van der Waals surface area (Å²) in [4.78, 5) is 26.9. The molecule has 4 rings (SSSR count). The Morgan fingerprint density at radius 1 is 1.23 bits per heavy atom. The maximum absolute atomic E-state index is 14.8. The number of piperidine rings is 1. The van der Waals surface area contributed by atoms with Crippen LogP contribution in [-0.4, -0.2) is 52.7 Å². The lowest BCUT2D eigenvalue weighted by Gasteiger charge is -2.37. The number of fused-ring (bicyclic) bond motifs is 1. The van der Waals surface area contributed by atoms with Gasteiger partial charge >= 0.3 is 0 Å². The summed E-state index contributed by atoms with van der Waals surface area (Å²) in [5.74, 6) is 0.788. The Hall–Kier alpha value is -2.51. The van der Waals surface area contributed by atoms with Crippen molar-refractivity contribution in [1.29, 1.82) is 0 Å². The summed E-state index contributed by atoms with van der Waals surface area (Å²) in [5.41, 5.74) is 0.828. The molecule has 1 aliphatic rings. The molecule has 0 amide bonds. The Labute approximate surface area is 179 Å². The molecular weight excluding hydrogens is 405 g/mol. The molecule has 3 heterocycles. The third kappa shape index (κ3) is 3.68. The minimum absolute atomic E-state index is 0.245. The molecule has 6 nitrogen and oxygen atoms in total. The molecule has 158 valence electrons. The second kappa shape index (κ2) is 7.96. The summed E-state index contributed by atoms with van der Waals surface area (Å²) in [7, 11) is 5.81. The van der Waals surface area contributed by atoms with Gasteiger partial charge in [-0.1, -0.05) is 11.6 Å². The SMILES string of the molecule is Cc1nc2cc(N3CCC[C@H](N(C)C)C3)nc(-c3ccc(Cl)cc3F)c2c(=O)n1C. The summed E-state index contributed by atoms with van der Waals surface area (Å²) in [6, 6.07) is 6.67. The molecule has 1 aliphatic heterocycles. The minimum Gasteiger partial charge on any atom is -0.355 e. The fraction of sp³-hybridized carbons (Fsp3) is 0.409. The summed E-state index contributed by atoms with van der Waals surface area (Å²) in [6.45, 7) is 3.46. The highest BCUT2D eigenvalue weighted by Crippen LogP contribution is 2.32. The fourth-order valence-electron chi connectivity index (χ4n) is 4.00. The smallest absolute Gasteiger partial charge is 0.263 e. The molecule has 30 heavy (non-hydrogen) atoms. The van der Waals surface area contributed by atoms with E-state index in [9.17, 15) is 9.18 Å². The number of aromatic nitrogens is 3. The van der Waals surface area contributed by atoms with E-state index in [2.05, 4.69) is 28.9 Å². The second-order valence-corrected chi connectivity index (χ2v) is 8.51. The summed E-state index contributed by atoms with van der Waals surface area (Å²) in [5, 5.41) is 0.609. The van der Waals surface area contributed by atoms with Crippen LogP contribution in [0.15, 0.2) is 29.1 Å². The number of rotatable bonds is 3. The van der Waals surface area contributed by atoms with Crippen LogP contribution in [0.3, 0.4) is 0 Å². The number of halogens is 2. The van der Waals surface area contributed by atoms with Crippen LogP contribution in [0.25, 0.3) is 22.2 Å². The van der Waals surface area contributed by atoms with Crippen LogP contribution in [0.5, 0.6) is 0 Å². The van der Waals surface area contributed by atoms with Gasteiger partial charge in [0.05, 0.1) is 16.6 Å². The average molecular weight is 430 g/mol. The first-order chi connectivity index (χ1) is 14.3. The van der Waals surface area contributed by atoms with Crippen molar-refractivity contribution in [2.45, 2.75) is 25.8 Å². The third-order valence-electron chi connectivity index (χ3n) is 5.91. The van der Waals surface area contributed by atoms with Crippen molar-refractivity contribution < 1.29 is 4.39 Å². The van der Waals surface area contributed by atoms with E-state index in [4.69, 9.17) is 16.6 Å². The molecule has 1 aromatic carbocycles. The molecule has 0 saturated carbocycles. The van der Waals surface area contributed by atoms with Crippen LogP contribution in [-0.2, 0) is 7.05 Å². The fourth-order valence-corrected chi connectivity index (χ4v) is 4.16. The van der Waals surface area contributed by atoms with Gasteiger partial charge in [-0.25, -0.2) is 14.4 Å². The molecule has 0 radical (unpaired) electrons. The summed E-state index contributed by atoms with van der Waals surface area (Å²) < 4.78 is 16.3. The standard InChI is InChI=1S/C22H25ClFN5O/c1-13-25-18-11-19(29-9-5-6-15(12-29)27(2)3)26-21(20(18)22(30)28(13)4)16-8-7-14(23)10-17(16)24/h7-8,10-11,15H,5-6,9,12H2,1-4H3/t15-/m0/s1. The average Bonchev–Trinajstić information content (AvgIpc) is 2.71. The Balaban J connectivity index is 1.96. The molecule has 2 aromatic heterocycles. The lowest BCUT2D eigenvalue weighted by Crippen LogP contribution is -2.45. The lowest BCUT2D eigenvalue weighted by molar-refractivity contribution is 0.257. The first kappa shape index (κ1) is 20.8. The van der Waals surface area contributed by atoms with Crippen LogP contribution in [0.4, 0.5) is 10.2 Å². The van der Waals surface area contributed by atoms with Crippen molar-refractivity contribution >= 4 is 28.3 Å². The molecule has 1 atom stereocenters. The number of aryl methyl sites for hydroxylation is 1. The third-order valence-corrected chi connectivity index (χ3v) is 6.14. The zero-order valence-electron chi connectivity index (χ0n) is 17.6. The van der Waals surface area contributed by atoms with Crippen molar-refractivity contribution in [2.75, 3.05) is 32.1 Å². The van der Waals surface area contributed by atoms with Gasteiger partial charge in [0, 0.05) is 42.8 Å². The molecular formula is C22H25ClFN5O. The first-order valence-electron chi connectivity index (χ1n) is 10.0. The normalized spacial score (nSPS) is 17.2. The zero-order valence-corrected chi connectivity index (χ0v) is 18.4. The molecule has 0 bridgehead atoms. The topological polar surface area (TPSA) is 54.3 Å². The van der Waals surface area contributed by atoms with Gasteiger partial charge in [-0.15, -0.1) is 0 Å². The number of benzene rings is 1. The van der Waals surface area contributed by atoms with E-state index < -0.39 is 5.82 Å². The Morgan fingerprint density at radius 3 is 2.70 bits per heavy atom. The highest BCUT2D eigenvalue weighted by atomic mass is 35.5. The highest BCUT2D eigenvalue weighted by molar-refractivity contribution is 6.30. The molecule has 1 fully saturated rings. The van der Waals surface area contributed by atoms with Crippen molar-refractivity contribution in [1.82, 2.24) is 19.4 Å². The number of pyridine rings is 1. The second-order valence-electron chi connectivity index (χ2n) is 8.08. The number of anilines is 1. The summed E-state index contributed by atoms with van der Waals surface area (Å²) >= 11 is 5.95. The molecule has 0 N–H and O–H groups in total. The van der Waals surface area contributed by atoms with E-state index in [1.54, 1.807) is 26.1 Å². The van der Waals surface area contributed by atoms with Gasteiger partial charge in [0.15, 0.2) is 0 Å². The van der Waals surface area contributed by atoms with Gasteiger partial charge < -0.3 is 9.80 Å². The molecule has 8 heteroatoms. The quantitative estimate of drug-likeness (QED) is 0.636. The summed E-state index contributed by atoms with van der Waals surface area (Å²) in [6.07, 6.45) is 2.16. The first-order valence-corrected chi connectivity index (χ1v) is 10.4. The van der Waals surface area contributed by atoms with Gasteiger partial charge in [-0.3, -0.25) is 9.36 Å². The Morgan fingerprint density at radius 2 is 2.00 bits per heavy atom. The van der Waals surface area contributed by atoms with Gasteiger partial charge in [0.2, 0.25) is 0 Å². The predicted molar refractivity (Wildman–Crippen MR) is 119 cm³/mol.